The molecule has 0 amide bonds. The normalized spacial score (nSPS) is 12.9. The van der Waals surface area contributed by atoms with E-state index in [-0.39, 0.29) is 23.1 Å². The van der Waals surface area contributed by atoms with E-state index in [1.165, 1.54) is 24.3 Å². The fourth-order valence-corrected chi connectivity index (χ4v) is 3.04. The molecule has 3 nitrogen and oxygen atoms in total. The highest BCUT2D eigenvalue weighted by Gasteiger charge is 2.11. The van der Waals surface area contributed by atoms with Gasteiger partial charge in [0.2, 0.25) is 0 Å². The Kier molecular flexibility index (Phi) is 5.36. The number of rotatable bonds is 6. The molecule has 2 aromatic rings. The van der Waals surface area contributed by atoms with E-state index >= 15 is 0 Å². The summed E-state index contributed by atoms with van der Waals surface area (Å²) in [7, 11) is -3.27. The Labute approximate surface area is 135 Å². The molecule has 0 fully saturated rings. The van der Waals surface area contributed by atoms with E-state index in [2.05, 4.69) is 5.32 Å². The Morgan fingerprint density at radius 2 is 1.74 bits per heavy atom. The van der Waals surface area contributed by atoms with E-state index in [0.29, 0.717) is 12.2 Å². The van der Waals surface area contributed by atoms with Crippen LogP contribution in [0.5, 0.6) is 0 Å². The molecular weight excluding hydrogens is 320 g/mol. The summed E-state index contributed by atoms with van der Waals surface area (Å²) in [5.74, 6) is -1.02. The first kappa shape index (κ1) is 17.4. The number of benzene rings is 2. The summed E-state index contributed by atoms with van der Waals surface area (Å²) in [6.45, 7) is 2.53. The molecule has 1 N–H and O–H groups in total. The molecule has 0 aliphatic heterocycles. The summed E-state index contributed by atoms with van der Waals surface area (Å²) in [4.78, 5) is 0. The van der Waals surface area contributed by atoms with Gasteiger partial charge in [0.1, 0.15) is 11.6 Å². The van der Waals surface area contributed by atoms with Crippen LogP contribution in [0.25, 0.3) is 0 Å². The smallest absolute Gasteiger partial charge is 0.151 e. The molecule has 0 saturated heterocycles. The SMILES string of the molecule is C[C@H](CNc1ccc(CS(C)(=O)=O)c(F)c1)c1ccc(F)cc1. The first-order chi connectivity index (χ1) is 10.7. The lowest BCUT2D eigenvalue weighted by Crippen LogP contribution is -2.10. The summed E-state index contributed by atoms with van der Waals surface area (Å²) < 4.78 is 49.3. The molecule has 0 unspecified atom stereocenters. The van der Waals surface area contributed by atoms with Crippen LogP contribution in [0.4, 0.5) is 14.5 Å². The molecule has 0 saturated carbocycles. The Balaban J connectivity index is 2.00. The summed E-state index contributed by atoms with van der Waals surface area (Å²) in [6.07, 6.45) is 1.07. The van der Waals surface area contributed by atoms with E-state index in [0.717, 1.165) is 11.8 Å². The van der Waals surface area contributed by atoms with Crippen molar-refractivity contribution >= 4 is 15.5 Å². The van der Waals surface area contributed by atoms with Crippen LogP contribution in [0.15, 0.2) is 42.5 Å². The largest absolute Gasteiger partial charge is 0.384 e. The third-order valence-corrected chi connectivity index (χ3v) is 4.36. The average molecular weight is 339 g/mol. The van der Waals surface area contributed by atoms with Gasteiger partial charge in [0, 0.05) is 24.1 Å². The highest BCUT2D eigenvalue weighted by atomic mass is 32.2. The van der Waals surface area contributed by atoms with Crippen LogP contribution < -0.4 is 5.32 Å². The molecule has 0 heterocycles. The monoisotopic (exact) mass is 339 g/mol. The van der Waals surface area contributed by atoms with E-state index in [1.807, 2.05) is 6.92 Å². The second-order valence-electron chi connectivity index (χ2n) is 5.71. The number of anilines is 1. The molecule has 0 aliphatic rings. The number of hydrogen-bond donors (Lipinski definition) is 1. The first-order valence-corrected chi connectivity index (χ1v) is 9.26. The van der Waals surface area contributed by atoms with Crippen LogP contribution in [-0.4, -0.2) is 21.2 Å². The summed E-state index contributed by atoms with van der Waals surface area (Å²) in [6, 6.07) is 10.7. The van der Waals surface area contributed by atoms with Gasteiger partial charge in [0.15, 0.2) is 9.84 Å². The van der Waals surface area contributed by atoms with Crippen molar-refractivity contribution in [1.29, 1.82) is 0 Å². The predicted molar refractivity (Wildman–Crippen MR) is 88.3 cm³/mol. The van der Waals surface area contributed by atoms with Crippen molar-refractivity contribution in [3.63, 3.8) is 0 Å². The van der Waals surface area contributed by atoms with Crippen LogP contribution in [0.1, 0.15) is 24.0 Å². The van der Waals surface area contributed by atoms with Gasteiger partial charge in [-0.25, -0.2) is 17.2 Å². The molecular formula is C17H19F2NO2S. The second-order valence-corrected chi connectivity index (χ2v) is 7.85. The highest BCUT2D eigenvalue weighted by molar-refractivity contribution is 7.89. The van der Waals surface area contributed by atoms with Gasteiger partial charge < -0.3 is 5.32 Å². The first-order valence-electron chi connectivity index (χ1n) is 7.20. The summed E-state index contributed by atoms with van der Waals surface area (Å²) in [5, 5.41) is 3.11. The number of nitrogens with one attached hydrogen (secondary N) is 1. The van der Waals surface area contributed by atoms with Crippen molar-refractivity contribution in [2.75, 3.05) is 18.1 Å². The zero-order valence-corrected chi connectivity index (χ0v) is 13.8. The maximum atomic E-state index is 13.9. The van der Waals surface area contributed by atoms with E-state index in [9.17, 15) is 17.2 Å². The minimum absolute atomic E-state index is 0.120. The van der Waals surface area contributed by atoms with Gasteiger partial charge in [-0.1, -0.05) is 25.1 Å². The van der Waals surface area contributed by atoms with Gasteiger partial charge in [-0.3, -0.25) is 0 Å². The zero-order chi connectivity index (χ0) is 17.0. The number of sulfone groups is 1. The lowest BCUT2D eigenvalue weighted by molar-refractivity contribution is 0.592. The minimum atomic E-state index is -3.27. The number of halogens is 2. The van der Waals surface area contributed by atoms with E-state index in [4.69, 9.17) is 0 Å². The third kappa shape index (κ3) is 5.32. The Morgan fingerprint density at radius 3 is 2.30 bits per heavy atom. The average Bonchev–Trinajstić information content (AvgIpc) is 2.47. The van der Waals surface area contributed by atoms with Crippen molar-refractivity contribution < 1.29 is 17.2 Å². The Bertz CT molecular complexity index is 774. The topological polar surface area (TPSA) is 46.2 Å². The molecule has 0 radical (unpaired) electrons. The van der Waals surface area contributed by atoms with Crippen molar-refractivity contribution in [1.82, 2.24) is 0 Å². The van der Waals surface area contributed by atoms with Gasteiger partial charge in [-0.2, -0.15) is 0 Å². The van der Waals surface area contributed by atoms with Crippen molar-refractivity contribution in [3.8, 4) is 0 Å². The van der Waals surface area contributed by atoms with Gasteiger partial charge in [-0.15, -0.1) is 0 Å². The molecule has 2 rings (SSSR count). The van der Waals surface area contributed by atoms with Crippen LogP contribution in [-0.2, 0) is 15.6 Å². The quantitative estimate of drug-likeness (QED) is 0.872. The summed E-state index contributed by atoms with van der Waals surface area (Å²) in [5.41, 5.74) is 1.71. The fourth-order valence-electron chi connectivity index (χ4n) is 2.24. The van der Waals surface area contributed by atoms with Crippen LogP contribution >= 0.6 is 0 Å². The molecule has 0 bridgehead atoms. The van der Waals surface area contributed by atoms with Crippen molar-refractivity contribution in [2.45, 2.75) is 18.6 Å². The third-order valence-electron chi connectivity index (χ3n) is 3.52. The molecule has 1 atom stereocenters. The van der Waals surface area contributed by atoms with Gasteiger partial charge >= 0.3 is 0 Å². The lowest BCUT2D eigenvalue weighted by atomic mass is 10.0. The van der Waals surface area contributed by atoms with Gasteiger partial charge in [-0.05, 0) is 35.7 Å². The number of hydrogen-bond acceptors (Lipinski definition) is 3. The van der Waals surface area contributed by atoms with E-state index in [1.54, 1.807) is 18.2 Å². The molecule has 6 heteroatoms. The molecule has 2 aromatic carbocycles. The predicted octanol–water partition coefficient (Wildman–Crippen LogP) is 3.73. The molecule has 23 heavy (non-hydrogen) atoms. The Morgan fingerprint density at radius 1 is 1.09 bits per heavy atom. The van der Waals surface area contributed by atoms with Crippen molar-refractivity contribution in [2.24, 2.45) is 0 Å². The van der Waals surface area contributed by atoms with E-state index < -0.39 is 15.7 Å². The van der Waals surface area contributed by atoms with Gasteiger partial charge in [0.05, 0.1) is 5.75 Å². The second kappa shape index (κ2) is 7.08. The maximum absolute atomic E-state index is 13.9. The molecule has 0 aromatic heterocycles. The van der Waals surface area contributed by atoms with Crippen LogP contribution in [0.2, 0.25) is 0 Å². The van der Waals surface area contributed by atoms with Crippen LogP contribution in [0, 0.1) is 11.6 Å². The Hall–Kier alpha value is -1.95. The standard InChI is InChI=1S/C17H19F2NO2S/c1-12(13-3-6-15(18)7-4-13)10-20-16-8-5-14(17(19)9-16)11-23(2,21)22/h3-9,12,20H,10-11H2,1-2H3/t12-/m1/s1. The highest BCUT2D eigenvalue weighted by Crippen LogP contribution is 2.20. The van der Waals surface area contributed by atoms with Crippen LogP contribution in [0.3, 0.4) is 0 Å². The lowest BCUT2D eigenvalue weighted by Gasteiger charge is -2.14. The minimum Gasteiger partial charge on any atom is -0.384 e. The molecule has 0 aliphatic carbocycles. The summed E-state index contributed by atoms with van der Waals surface area (Å²) >= 11 is 0. The zero-order valence-electron chi connectivity index (χ0n) is 13.0. The molecule has 124 valence electrons. The molecule has 0 spiro atoms. The van der Waals surface area contributed by atoms with Crippen molar-refractivity contribution in [3.05, 3.63) is 65.2 Å². The fraction of sp³-hybridized carbons (Fsp3) is 0.294. The maximum Gasteiger partial charge on any atom is 0.151 e. The van der Waals surface area contributed by atoms with Gasteiger partial charge in [0.25, 0.3) is 0 Å².